The van der Waals surface area contributed by atoms with E-state index in [-0.39, 0.29) is 11.6 Å². The number of pyridine rings is 1. The normalized spacial score (nSPS) is 11.7. The van der Waals surface area contributed by atoms with E-state index in [4.69, 9.17) is 4.98 Å². The molecular formula is C24H23N5O. The summed E-state index contributed by atoms with van der Waals surface area (Å²) in [5, 5.41) is 6.50. The van der Waals surface area contributed by atoms with Gasteiger partial charge in [0.25, 0.3) is 5.56 Å². The summed E-state index contributed by atoms with van der Waals surface area (Å²) in [4.78, 5) is 25.2. The number of para-hydroxylation sites is 1. The molecule has 0 amide bonds. The fourth-order valence-corrected chi connectivity index (χ4v) is 4.16. The van der Waals surface area contributed by atoms with Gasteiger partial charge in [0.15, 0.2) is 0 Å². The van der Waals surface area contributed by atoms with E-state index in [0.717, 1.165) is 40.3 Å². The molecule has 0 radical (unpaired) electrons. The van der Waals surface area contributed by atoms with Gasteiger partial charge in [0.05, 0.1) is 0 Å². The minimum Gasteiger partial charge on any atom is -0.355 e. The zero-order chi connectivity index (χ0) is 20.7. The van der Waals surface area contributed by atoms with E-state index in [1.54, 1.807) is 22.9 Å². The summed E-state index contributed by atoms with van der Waals surface area (Å²) in [6.07, 6.45) is 3.52. The van der Waals surface area contributed by atoms with Crippen molar-refractivity contribution in [1.29, 1.82) is 0 Å². The molecule has 0 aliphatic carbocycles. The molecule has 30 heavy (non-hydrogen) atoms. The average Bonchev–Trinajstić information content (AvgIpc) is 3.14. The van der Waals surface area contributed by atoms with Crippen LogP contribution < -0.4 is 10.9 Å². The number of hydrogen-bond acceptors (Lipinski definition) is 4. The minimum absolute atomic E-state index is 0.0268. The molecule has 0 bridgehead atoms. The lowest BCUT2D eigenvalue weighted by Crippen LogP contribution is -2.24. The highest BCUT2D eigenvalue weighted by molar-refractivity contribution is 6.08. The molecule has 0 saturated heterocycles. The first-order valence-corrected chi connectivity index (χ1v) is 10.3. The van der Waals surface area contributed by atoms with Crippen LogP contribution in [0.25, 0.3) is 32.8 Å². The average molecular weight is 397 g/mol. The van der Waals surface area contributed by atoms with Gasteiger partial charge in [0.1, 0.15) is 5.65 Å². The first-order valence-electron chi connectivity index (χ1n) is 10.3. The third-order valence-electron chi connectivity index (χ3n) is 5.74. The highest BCUT2D eigenvalue weighted by atomic mass is 16.1. The van der Waals surface area contributed by atoms with Crippen molar-refractivity contribution < 1.29 is 0 Å². The van der Waals surface area contributed by atoms with Crippen molar-refractivity contribution in [1.82, 2.24) is 19.5 Å². The predicted molar refractivity (Wildman–Crippen MR) is 123 cm³/mol. The highest BCUT2D eigenvalue weighted by Crippen LogP contribution is 2.28. The van der Waals surface area contributed by atoms with Gasteiger partial charge >= 0.3 is 0 Å². The number of aromatic amines is 1. The van der Waals surface area contributed by atoms with Gasteiger partial charge in [-0.05, 0) is 43.2 Å². The fourth-order valence-electron chi connectivity index (χ4n) is 4.16. The smallest absolute Gasteiger partial charge is 0.252 e. The van der Waals surface area contributed by atoms with Gasteiger partial charge in [-0.3, -0.25) is 9.36 Å². The van der Waals surface area contributed by atoms with Gasteiger partial charge in [-0.25, -0.2) is 4.98 Å². The Labute approximate surface area is 173 Å². The van der Waals surface area contributed by atoms with Crippen molar-refractivity contribution in [2.24, 2.45) is 0 Å². The Morgan fingerprint density at radius 3 is 2.63 bits per heavy atom. The van der Waals surface area contributed by atoms with Crippen LogP contribution in [0, 0.1) is 0 Å². The Kier molecular flexibility index (Phi) is 4.47. The summed E-state index contributed by atoms with van der Waals surface area (Å²) in [5.41, 5.74) is 3.74. The van der Waals surface area contributed by atoms with Crippen LogP contribution in [0.5, 0.6) is 0 Å². The number of nitrogens with one attached hydrogen (secondary N) is 2. The maximum atomic E-state index is 12.6. The van der Waals surface area contributed by atoms with Crippen LogP contribution in [0.15, 0.2) is 65.6 Å². The highest BCUT2D eigenvalue weighted by Gasteiger charge is 2.14. The number of fused-ring (bicyclic) bond motifs is 4. The van der Waals surface area contributed by atoms with Gasteiger partial charge in [0, 0.05) is 51.2 Å². The second-order valence-electron chi connectivity index (χ2n) is 7.54. The molecular weight excluding hydrogens is 374 g/mol. The second-order valence-corrected chi connectivity index (χ2v) is 7.54. The quantitative estimate of drug-likeness (QED) is 0.409. The third kappa shape index (κ3) is 3.01. The molecule has 0 aliphatic rings. The Balaban J connectivity index is 1.59. The number of rotatable bonds is 5. The van der Waals surface area contributed by atoms with Crippen LogP contribution in [0.3, 0.4) is 0 Å². The van der Waals surface area contributed by atoms with Crippen LogP contribution in [0.4, 0.5) is 11.6 Å². The fraction of sp³-hybridized carbons (Fsp3) is 0.208. The summed E-state index contributed by atoms with van der Waals surface area (Å²) in [6.45, 7) is 4.19. The van der Waals surface area contributed by atoms with Crippen molar-refractivity contribution in [2.45, 2.75) is 32.7 Å². The lowest BCUT2D eigenvalue weighted by atomic mass is 10.1. The molecule has 0 spiro atoms. The van der Waals surface area contributed by atoms with Crippen LogP contribution in [-0.2, 0) is 0 Å². The number of H-pyrrole nitrogens is 1. The van der Waals surface area contributed by atoms with E-state index in [2.05, 4.69) is 53.4 Å². The SMILES string of the molecule is CCC(CC)n1c(=O)ccc2cnc(Nc3ccc4[nH]c5ccccc5c4c3)nc21. The summed E-state index contributed by atoms with van der Waals surface area (Å²) >= 11 is 0. The number of hydrogen-bond donors (Lipinski definition) is 2. The molecule has 0 aliphatic heterocycles. The molecule has 6 heteroatoms. The molecule has 0 atom stereocenters. The molecule has 0 fully saturated rings. The molecule has 3 heterocycles. The zero-order valence-corrected chi connectivity index (χ0v) is 17.0. The van der Waals surface area contributed by atoms with Crippen molar-refractivity contribution in [3.8, 4) is 0 Å². The predicted octanol–water partition coefficient (Wildman–Crippen LogP) is 5.53. The summed E-state index contributed by atoms with van der Waals surface area (Å²) in [6, 6.07) is 17.9. The topological polar surface area (TPSA) is 75.6 Å². The molecule has 5 aromatic rings. The Hall–Kier alpha value is -3.67. The van der Waals surface area contributed by atoms with Crippen molar-refractivity contribution >= 4 is 44.5 Å². The second kappa shape index (κ2) is 7.30. The number of anilines is 2. The standard InChI is InChI=1S/C24H23N5O/c1-3-17(4-2)29-22(30)12-9-15-14-25-24(28-23(15)29)26-16-10-11-21-19(13-16)18-7-5-6-8-20(18)27-21/h5-14,17,27H,3-4H2,1-2H3,(H,25,26,28). The lowest BCUT2D eigenvalue weighted by Gasteiger charge is -2.18. The summed E-state index contributed by atoms with van der Waals surface area (Å²) in [7, 11) is 0. The Morgan fingerprint density at radius 2 is 1.80 bits per heavy atom. The minimum atomic E-state index is -0.0268. The molecule has 0 unspecified atom stereocenters. The summed E-state index contributed by atoms with van der Waals surface area (Å²) < 4.78 is 1.80. The first kappa shape index (κ1) is 18.4. The lowest BCUT2D eigenvalue weighted by molar-refractivity contribution is 0.470. The number of benzene rings is 2. The van der Waals surface area contributed by atoms with E-state index >= 15 is 0 Å². The van der Waals surface area contributed by atoms with Crippen LogP contribution in [-0.4, -0.2) is 19.5 Å². The number of aromatic nitrogens is 4. The van der Waals surface area contributed by atoms with Gasteiger partial charge in [-0.2, -0.15) is 4.98 Å². The maximum Gasteiger partial charge on any atom is 0.252 e. The van der Waals surface area contributed by atoms with Crippen LogP contribution in [0.2, 0.25) is 0 Å². The number of nitrogens with zero attached hydrogens (tertiary/aromatic N) is 3. The van der Waals surface area contributed by atoms with Crippen molar-refractivity contribution in [2.75, 3.05) is 5.32 Å². The molecule has 0 saturated carbocycles. The van der Waals surface area contributed by atoms with Crippen molar-refractivity contribution in [3.63, 3.8) is 0 Å². The molecule has 5 rings (SSSR count). The van der Waals surface area contributed by atoms with Gasteiger partial charge in [-0.1, -0.05) is 32.0 Å². The van der Waals surface area contributed by atoms with E-state index in [9.17, 15) is 4.79 Å². The molecule has 2 aromatic carbocycles. The third-order valence-corrected chi connectivity index (χ3v) is 5.74. The molecule has 150 valence electrons. The largest absolute Gasteiger partial charge is 0.355 e. The van der Waals surface area contributed by atoms with Gasteiger partial charge in [0.2, 0.25) is 5.95 Å². The van der Waals surface area contributed by atoms with Gasteiger partial charge in [-0.15, -0.1) is 0 Å². The van der Waals surface area contributed by atoms with E-state index in [1.165, 1.54) is 5.39 Å². The molecule has 2 N–H and O–H groups in total. The van der Waals surface area contributed by atoms with Crippen LogP contribution in [0.1, 0.15) is 32.7 Å². The Morgan fingerprint density at radius 1 is 1.00 bits per heavy atom. The maximum absolute atomic E-state index is 12.6. The van der Waals surface area contributed by atoms with Crippen LogP contribution >= 0.6 is 0 Å². The first-order chi connectivity index (χ1) is 14.7. The van der Waals surface area contributed by atoms with E-state index in [1.807, 2.05) is 18.2 Å². The van der Waals surface area contributed by atoms with E-state index < -0.39 is 0 Å². The monoisotopic (exact) mass is 397 g/mol. The molecule has 3 aromatic heterocycles. The van der Waals surface area contributed by atoms with Gasteiger partial charge < -0.3 is 10.3 Å². The Bertz CT molecular complexity index is 1430. The van der Waals surface area contributed by atoms with Crippen molar-refractivity contribution in [3.05, 3.63) is 71.1 Å². The summed E-state index contributed by atoms with van der Waals surface area (Å²) in [5.74, 6) is 0.479. The zero-order valence-electron chi connectivity index (χ0n) is 17.0. The molecule has 6 nitrogen and oxygen atoms in total. The van der Waals surface area contributed by atoms with E-state index in [0.29, 0.717) is 11.6 Å².